The van der Waals surface area contributed by atoms with E-state index in [2.05, 4.69) is 0 Å². The molecule has 0 radical (unpaired) electrons. The summed E-state index contributed by atoms with van der Waals surface area (Å²) in [4.78, 5) is 18.2. The highest BCUT2D eigenvalue weighted by Crippen LogP contribution is 1.78. The molecule has 8 nitrogen and oxygen atoms in total. The van der Waals surface area contributed by atoms with Crippen molar-refractivity contribution in [1.82, 2.24) is 5.01 Å². The van der Waals surface area contributed by atoms with Crippen LogP contribution in [0.2, 0.25) is 0 Å². The fourth-order valence-electron chi connectivity index (χ4n) is 0.529. The number of rotatable bonds is 6. The van der Waals surface area contributed by atoms with Crippen LogP contribution in [0, 0.1) is 0 Å². The molecular formula is C8H18N2O6. The first-order chi connectivity index (χ1) is 7.45. The van der Waals surface area contributed by atoms with E-state index in [0.29, 0.717) is 13.2 Å². The first-order valence-electron chi connectivity index (χ1n) is 4.39. The summed E-state index contributed by atoms with van der Waals surface area (Å²) < 4.78 is 9.66. The molecule has 0 saturated carbocycles. The monoisotopic (exact) mass is 238 g/mol. The van der Waals surface area contributed by atoms with Crippen LogP contribution < -0.4 is 5.84 Å². The zero-order chi connectivity index (χ0) is 13.0. The molecule has 16 heavy (non-hydrogen) atoms. The van der Waals surface area contributed by atoms with Gasteiger partial charge in [-0.1, -0.05) is 0 Å². The van der Waals surface area contributed by atoms with Crippen LogP contribution in [0.5, 0.6) is 0 Å². The Hall–Kier alpha value is -1.22. The fourth-order valence-corrected chi connectivity index (χ4v) is 0.529. The van der Waals surface area contributed by atoms with Crippen LogP contribution in [0.1, 0.15) is 0 Å². The fraction of sp³-hybridized carbons (Fsp3) is 0.750. The largest absolute Gasteiger partial charge is 0.473 e. The van der Waals surface area contributed by atoms with Crippen molar-refractivity contribution in [3.8, 4) is 0 Å². The van der Waals surface area contributed by atoms with Crippen molar-refractivity contribution in [3.05, 3.63) is 0 Å². The zero-order valence-electron chi connectivity index (χ0n) is 9.38. The van der Waals surface area contributed by atoms with Gasteiger partial charge in [0.25, 0.3) is 0 Å². The number of carboxylic acid groups (broad SMARTS) is 2. The molecule has 4 N–H and O–H groups in total. The third kappa shape index (κ3) is 15.3. The summed E-state index contributed by atoms with van der Waals surface area (Å²) in [7, 11) is 3.31. The molecule has 0 amide bonds. The summed E-state index contributed by atoms with van der Waals surface area (Å²) >= 11 is 0. The van der Waals surface area contributed by atoms with Gasteiger partial charge in [0.15, 0.2) is 0 Å². The number of carbonyl (C=O) groups is 2. The van der Waals surface area contributed by atoms with Gasteiger partial charge in [-0.15, -0.1) is 0 Å². The Balaban J connectivity index is 0. The number of ether oxygens (including phenoxy) is 2. The smallest absolute Gasteiger partial charge is 0.414 e. The standard InChI is InChI=1S/C6H16N2O2.C2H2O4/c1-9-5-3-8(7)4-6-10-2;3-1(4)2(5)6/h3-7H2,1-2H3;(H,3,4)(H,5,6). The number of hydrogen-bond donors (Lipinski definition) is 3. The van der Waals surface area contributed by atoms with Gasteiger partial charge in [0, 0.05) is 27.3 Å². The van der Waals surface area contributed by atoms with Crippen LogP contribution in [0.4, 0.5) is 0 Å². The summed E-state index contributed by atoms with van der Waals surface area (Å²) in [6.07, 6.45) is 0. The number of aliphatic carboxylic acids is 2. The Morgan fingerprint density at radius 3 is 1.56 bits per heavy atom. The quantitative estimate of drug-likeness (QED) is 0.293. The topological polar surface area (TPSA) is 122 Å². The molecular weight excluding hydrogens is 220 g/mol. The van der Waals surface area contributed by atoms with Crippen molar-refractivity contribution in [2.24, 2.45) is 5.84 Å². The molecule has 8 heteroatoms. The van der Waals surface area contributed by atoms with Gasteiger partial charge in [0.2, 0.25) is 0 Å². The van der Waals surface area contributed by atoms with Gasteiger partial charge in [-0.05, 0) is 0 Å². The summed E-state index contributed by atoms with van der Waals surface area (Å²) in [5.41, 5.74) is 0. The maximum absolute atomic E-state index is 9.10. The van der Waals surface area contributed by atoms with Gasteiger partial charge < -0.3 is 19.7 Å². The van der Waals surface area contributed by atoms with E-state index in [1.165, 1.54) is 0 Å². The van der Waals surface area contributed by atoms with Crippen LogP contribution in [0.3, 0.4) is 0 Å². The molecule has 0 aliphatic rings. The Bertz CT molecular complexity index is 179. The summed E-state index contributed by atoms with van der Waals surface area (Å²) in [5, 5.41) is 16.5. The van der Waals surface area contributed by atoms with Crippen LogP contribution in [0.25, 0.3) is 0 Å². The van der Waals surface area contributed by atoms with Gasteiger partial charge >= 0.3 is 11.9 Å². The van der Waals surface area contributed by atoms with Crippen LogP contribution in [-0.2, 0) is 19.1 Å². The number of nitrogens with two attached hydrogens (primary N) is 1. The first-order valence-corrected chi connectivity index (χ1v) is 4.39. The highest BCUT2D eigenvalue weighted by Gasteiger charge is 2.04. The van der Waals surface area contributed by atoms with Gasteiger partial charge in [0.05, 0.1) is 13.2 Å². The number of nitrogens with zero attached hydrogens (tertiary/aromatic N) is 1. The average molecular weight is 238 g/mol. The second-order valence-corrected chi connectivity index (χ2v) is 2.63. The second-order valence-electron chi connectivity index (χ2n) is 2.63. The molecule has 0 spiro atoms. The molecule has 0 bridgehead atoms. The Morgan fingerprint density at radius 1 is 1.06 bits per heavy atom. The number of carboxylic acids is 2. The van der Waals surface area contributed by atoms with Gasteiger partial charge in [-0.3, -0.25) is 5.84 Å². The highest BCUT2D eigenvalue weighted by molar-refractivity contribution is 6.27. The van der Waals surface area contributed by atoms with E-state index in [1.807, 2.05) is 0 Å². The van der Waals surface area contributed by atoms with Crippen molar-refractivity contribution >= 4 is 11.9 Å². The number of hydrazine groups is 1. The Labute approximate surface area is 93.5 Å². The second kappa shape index (κ2) is 11.9. The molecule has 0 heterocycles. The molecule has 0 aromatic rings. The third-order valence-electron chi connectivity index (χ3n) is 1.35. The minimum Gasteiger partial charge on any atom is -0.473 e. The van der Waals surface area contributed by atoms with E-state index in [9.17, 15) is 0 Å². The lowest BCUT2D eigenvalue weighted by Gasteiger charge is -2.14. The summed E-state index contributed by atoms with van der Waals surface area (Å²) in [6.45, 7) is 2.83. The molecule has 96 valence electrons. The maximum Gasteiger partial charge on any atom is 0.414 e. The average Bonchev–Trinajstić information content (AvgIpc) is 2.24. The normalized spacial score (nSPS) is 9.50. The molecule has 0 atom stereocenters. The van der Waals surface area contributed by atoms with E-state index in [-0.39, 0.29) is 0 Å². The van der Waals surface area contributed by atoms with Crippen molar-refractivity contribution in [3.63, 3.8) is 0 Å². The molecule has 0 fully saturated rings. The lowest BCUT2D eigenvalue weighted by Crippen LogP contribution is -2.36. The van der Waals surface area contributed by atoms with E-state index < -0.39 is 11.9 Å². The van der Waals surface area contributed by atoms with Crippen LogP contribution in [0.15, 0.2) is 0 Å². The SMILES string of the molecule is COCCN(N)CCOC.O=C(O)C(=O)O. The highest BCUT2D eigenvalue weighted by atomic mass is 16.5. The molecule has 0 aliphatic heterocycles. The van der Waals surface area contributed by atoms with Crippen LogP contribution in [-0.4, -0.2) is 67.7 Å². The third-order valence-corrected chi connectivity index (χ3v) is 1.35. The minimum absolute atomic E-state index is 0.667. The van der Waals surface area contributed by atoms with Gasteiger partial charge in [-0.2, -0.15) is 0 Å². The van der Waals surface area contributed by atoms with Crippen LogP contribution >= 0.6 is 0 Å². The summed E-state index contributed by atoms with van der Waals surface area (Å²) in [5.74, 6) is 1.87. The Kier molecular flexibility index (Phi) is 12.7. The molecule has 0 aromatic carbocycles. The molecule has 0 saturated heterocycles. The minimum atomic E-state index is -1.82. The van der Waals surface area contributed by atoms with E-state index in [4.69, 9.17) is 35.1 Å². The first kappa shape index (κ1) is 17.2. The predicted molar refractivity (Wildman–Crippen MR) is 54.8 cm³/mol. The van der Waals surface area contributed by atoms with E-state index in [1.54, 1.807) is 19.2 Å². The number of methoxy groups -OCH3 is 2. The zero-order valence-corrected chi connectivity index (χ0v) is 9.38. The van der Waals surface area contributed by atoms with E-state index in [0.717, 1.165) is 13.1 Å². The van der Waals surface area contributed by atoms with Gasteiger partial charge in [0.1, 0.15) is 0 Å². The van der Waals surface area contributed by atoms with Crippen molar-refractivity contribution in [1.29, 1.82) is 0 Å². The molecule has 0 unspecified atom stereocenters. The van der Waals surface area contributed by atoms with Crippen molar-refractivity contribution in [2.45, 2.75) is 0 Å². The van der Waals surface area contributed by atoms with Crippen molar-refractivity contribution < 1.29 is 29.3 Å². The lowest BCUT2D eigenvalue weighted by molar-refractivity contribution is -0.159. The lowest BCUT2D eigenvalue weighted by atomic mass is 10.6. The van der Waals surface area contributed by atoms with Gasteiger partial charge in [-0.25, -0.2) is 14.6 Å². The number of hydrogen-bond acceptors (Lipinski definition) is 6. The molecule has 0 aromatic heterocycles. The Morgan fingerprint density at radius 2 is 1.38 bits per heavy atom. The van der Waals surface area contributed by atoms with E-state index >= 15 is 0 Å². The molecule has 0 rings (SSSR count). The maximum atomic E-state index is 9.10. The summed E-state index contributed by atoms with van der Waals surface area (Å²) in [6, 6.07) is 0. The predicted octanol–water partition coefficient (Wildman–Crippen LogP) is -1.39. The molecule has 0 aliphatic carbocycles. The van der Waals surface area contributed by atoms with Crippen molar-refractivity contribution in [2.75, 3.05) is 40.5 Å².